The highest BCUT2D eigenvalue weighted by Gasteiger charge is 2.32. The molecule has 146 valence electrons. The van der Waals surface area contributed by atoms with Crippen LogP contribution in [0, 0.1) is 5.82 Å². The molecule has 2 aliphatic rings. The first-order valence-corrected chi connectivity index (χ1v) is 9.94. The van der Waals surface area contributed by atoms with Crippen LogP contribution in [0.5, 0.6) is 0 Å². The van der Waals surface area contributed by atoms with E-state index in [-0.39, 0.29) is 11.6 Å². The highest BCUT2D eigenvalue weighted by atomic mass is 32.2. The van der Waals surface area contributed by atoms with Crippen LogP contribution in [0.4, 0.5) is 16.0 Å². The molecule has 0 N–H and O–H groups in total. The molecule has 8 heteroatoms. The van der Waals surface area contributed by atoms with Gasteiger partial charge in [-0.1, -0.05) is 12.1 Å². The molecule has 1 aromatic carbocycles. The first-order valence-electron chi connectivity index (χ1n) is 9.13. The third kappa shape index (κ3) is 3.83. The lowest BCUT2D eigenvalue weighted by molar-refractivity contribution is -0.122. The lowest BCUT2D eigenvalue weighted by atomic mass is 10.3. The van der Waals surface area contributed by atoms with Crippen LogP contribution in [0.2, 0.25) is 0 Å². The van der Waals surface area contributed by atoms with Gasteiger partial charge in [-0.3, -0.25) is 9.69 Å². The van der Waals surface area contributed by atoms with E-state index in [9.17, 15) is 9.18 Å². The number of likely N-dealkylation sites (N-methyl/N-ethyl adjacent to an activating group) is 1. The second-order valence-electron chi connectivity index (χ2n) is 6.28. The number of para-hydroxylation sites is 1. The first-order chi connectivity index (χ1) is 13.7. The molecule has 0 atom stereocenters. The molecular weight excluding hydrogens is 381 g/mol. The fourth-order valence-corrected chi connectivity index (χ4v) is 4.05. The van der Waals surface area contributed by atoms with Crippen LogP contribution in [0.25, 0.3) is 6.08 Å². The molecule has 4 rings (SSSR count). The van der Waals surface area contributed by atoms with Gasteiger partial charge >= 0.3 is 0 Å². The van der Waals surface area contributed by atoms with Crippen molar-refractivity contribution in [2.75, 3.05) is 37.7 Å². The second-order valence-corrected chi connectivity index (χ2v) is 7.29. The number of furan rings is 1. The van der Waals surface area contributed by atoms with Gasteiger partial charge < -0.3 is 14.1 Å². The van der Waals surface area contributed by atoms with Crippen molar-refractivity contribution in [3.8, 4) is 0 Å². The van der Waals surface area contributed by atoms with E-state index in [1.54, 1.807) is 24.3 Å². The number of morpholine rings is 1. The average Bonchev–Trinajstić information content (AvgIpc) is 3.29. The normalized spacial score (nSPS) is 20.6. The summed E-state index contributed by atoms with van der Waals surface area (Å²) in [5.41, 5.74) is 0.213. The number of benzene rings is 1. The lowest BCUT2D eigenvalue weighted by Crippen LogP contribution is -2.35. The molecule has 1 aromatic heterocycles. The standard InChI is InChI=1S/C20H20FN3O3S/c1-2-24-19(25)17(28-20(24)22-16-6-4-3-5-15(16)21)13-14-7-8-18(27-14)23-9-11-26-12-10-23/h3-8,13H,2,9-12H2,1H3/b17-13+,22-20?. The van der Waals surface area contributed by atoms with Crippen molar-refractivity contribution in [1.82, 2.24) is 4.90 Å². The molecule has 0 radical (unpaired) electrons. The quantitative estimate of drug-likeness (QED) is 0.728. The van der Waals surface area contributed by atoms with E-state index in [1.165, 1.54) is 22.7 Å². The predicted octanol–water partition coefficient (Wildman–Crippen LogP) is 3.88. The molecule has 0 aliphatic carbocycles. The highest BCUT2D eigenvalue weighted by molar-refractivity contribution is 8.18. The van der Waals surface area contributed by atoms with E-state index < -0.39 is 5.82 Å². The Hall–Kier alpha value is -2.58. The summed E-state index contributed by atoms with van der Waals surface area (Å²) in [6.45, 7) is 5.22. The van der Waals surface area contributed by atoms with Crippen LogP contribution >= 0.6 is 11.8 Å². The minimum atomic E-state index is -0.419. The summed E-state index contributed by atoms with van der Waals surface area (Å²) >= 11 is 1.22. The molecule has 1 amide bonds. The van der Waals surface area contributed by atoms with Crippen LogP contribution < -0.4 is 4.90 Å². The predicted molar refractivity (Wildman–Crippen MR) is 108 cm³/mol. The zero-order valence-corrected chi connectivity index (χ0v) is 16.2. The Kier molecular flexibility index (Phi) is 5.50. The van der Waals surface area contributed by atoms with Crippen molar-refractivity contribution in [2.45, 2.75) is 6.92 Å². The van der Waals surface area contributed by atoms with E-state index in [0.29, 0.717) is 35.6 Å². The molecule has 3 heterocycles. The van der Waals surface area contributed by atoms with E-state index in [2.05, 4.69) is 9.89 Å². The van der Waals surface area contributed by atoms with Crippen LogP contribution in [0.1, 0.15) is 12.7 Å². The van der Waals surface area contributed by atoms with Crippen molar-refractivity contribution in [1.29, 1.82) is 0 Å². The number of hydrogen-bond acceptors (Lipinski definition) is 6. The summed E-state index contributed by atoms with van der Waals surface area (Å²) in [4.78, 5) is 21.2. The number of thioether (sulfide) groups is 1. The number of carbonyl (C=O) groups is 1. The summed E-state index contributed by atoms with van der Waals surface area (Å²) in [6.07, 6.45) is 1.71. The Bertz CT molecular complexity index is 934. The smallest absolute Gasteiger partial charge is 0.266 e. The van der Waals surface area contributed by atoms with Crippen molar-refractivity contribution in [2.24, 2.45) is 4.99 Å². The number of nitrogens with zero attached hydrogens (tertiary/aromatic N) is 3. The van der Waals surface area contributed by atoms with Gasteiger partial charge in [0.25, 0.3) is 5.91 Å². The monoisotopic (exact) mass is 401 g/mol. The van der Waals surface area contributed by atoms with Crippen molar-refractivity contribution in [3.05, 3.63) is 52.9 Å². The third-order valence-electron chi connectivity index (χ3n) is 4.48. The third-order valence-corrected chi connectivity index (χ3v) is 5.49. The van der Waals surface area contributed by atoms with Gasteiger partial charge in [-0.15, -0.1) is 0 Å². The van der Waals surface area contributed by atoms with Crippen molar-refractivity contribution >= 4 is 40.5 Å². The molecule has 0 unspecified atom stereocenters. The molecule has 0 saturated carbocycles. The molecule has 2 aromatic rings. The summed E-state index contributed by atoms with van der Waals surface area (Å²) in [5.74, 6) is 0.781. The number of amides is 1. The Morgan fingerprint density at radius 3 is 2.75 bits per heavy atom. The van der Waals surface area contributed by atoms with Crippen molar-refractivity contribution < 1.29 is 18.3 Å². The molecule has 6 nitrogen and oxygen atoms in total. The van der Waals surface area contributed by atoms with E-state index in [1.807, 2.05) is 19.1 Å². The van der Waals surface area contributed by atoms with Crippen LogP contribution in [-0.2, 0) is 9.53 Å². The molecular formula is C20H20FN3O3S. The fraction of sp³-hybridized carbons (Fsp3) is 0.300. The number of hydrogen-bond donors (Lipinski definition) is 0. The van der Waals surface area contributed by atoms with Crippen LogP contribution in [0.15, 0.2) is 50.7 Å². The Morgan fingerprint density at radius 2 is 2.00 bits per heavy atom. The number of amidine groups is 1. The van der Waals surface area contributed by atoms with Gasteiger partial charge in [-0.05, 0) is 36.9 Å². The zero-order valence-electron chi connectivity index (χ0n) is 15.4. The summed E-state index contributed by atoms with van der Waals surface area (Å²) in [7, 11) is 0. The van der Waals surface area contributed by atoms with Gasteiger partial charge in [0.05, 0.1) is 18.1 Å². The van der Waals surface area contributed by atoms with Gasteiger partial charge in [-0.25, -0.2) is 9.38 Å². The molecule has 2 saturated heterocycles. The van der Waals surface area contributed by atoms with Gasteiger partial charge in [0.1, 0.15) is 17.3 Å². The topological polar surface area (TPSA) is 58.3 Å². The number of aliphatic imine (C=N–C) groups is 1. The maximum Gasteiger partial charge on any atom is 0.266 e. The van der Waals surface area contributed by atoms with Gasteiger partial charge in [0.2, 0.25) is 0 Å². The maximum atomic E-state index is 13.9. The van der Waals surface area contributed by atoms with Gasteiger partial charge in [0.15, 0.2) is 11.1 Å². The minimum Gasteiger partial charge on any atom is -0.441 e. The number of halogens is 1. The van der Waals surface area contributed by atoms with Crippen LogP contribution in [0.3, 0.4) is 0 Å². The Labute approximate surface area is 166 Å². The lowest BCUT2D eigenvalue weighted by Gasteiger charge is -2.26. The fourth-order valence-electron chi connectivity index (χ4n) is 3.02. The van der Waals surface area contributed by atoms with Gasteiger partial charge in [0, 0.05) is 31.8 Å². The summed E-state index contributed by atoms with van der Waals surface area (Å²) < 4.78 is 25.2. The zero-order chi connectivity index (χ0) is 19.5. The van der Waals surface area contributed by atoms with Gasteiger partial charge in [-0.2, -0.15) is 0 Å². The molecule has 0 bridgehead atoms. The molecule has 2 fully saturated rings. The first kappa shape index (κ1) is 18.8. The largest absolute Gasteiger partial charge is 0.441 e. The SMILES string of the molecule is CCN1C(=O)/C(=C\c2ccc(N3CCOCC3)o2)SC1=Nc1ccccc1F. The van der Waals surface area contributed by atoms with E-state index >= 15 is 0 Å². The molecule has 0 spiro atoms. The van der Waals surface area contributed by atoms with E-state index in [0.717, 1.165) is 19.0 Å². The van der Waals surface area contributed by atoms with Crippen molar-refractivity contribution in [3.63, 3.8) is 0 Å². The summed E-state index contributed by atoms with van der Waals surface area (Å²) in [5, 5.41) is 0.462. The average molecular weight is 401 g/mol. The molecule has 2 aliphatic heterocycles. The number of ether oxygens (including phenoxy) is 1. The highest BCUT2D eigenvalue weighted by Crippen LogP contribution is 2.35. The Morgan fingerprint density at radius 1 is 1.21 bits per heavy atom. The molecule has 28 heavy (non-hydrogen) atoms. The maximum absolute atomic E-state index is 13.9. The van der Waals surface area contributed by atoms with Crippen LogP contribution in [-0.4, -0.2) is 48.8 Å². The minimum absolute atomic E-state index is 0.160. The number of rotatable bonds is 4. The second kappa shape index (κ2) is 8.20. The number of carbonyl (C=O) groups excluding carboxylic acids is 1. The summed E-state index contributed by atoms with van der Waals surface area (Å²) in [6, 6.07) is 10.0. The van der Waals surface area contributed by atoms with E-state index in [4.69, 9.17) is 9.15 Å². The Balaban J connectivity index is 1.57. The number of anilines is 1.